The Morgan fingerprint density at radius 1 is 1.45 bits per heavy atom. The fraction of sp³-hybridized carbons (Fsp3) is 0.333. The average Bonchev–Trinajstić information content (AvgIpc) is 2.88. The molecule has 1 N–H and O–H groups in total. The third kappa shape index (κ3) is 3.23. The van der Waals surface area contributed by atoms with Gasteiger partial charge in [-0.05, 0) is 36.6 Å². The summed E-state index contributed by atoms with van der Waals surface area (Å²) in [5.41, 5.74) is 1.31. The molecule has 4 nitrogen and oxygen atoms in total. The monoisotopic (exact) mass is 277 g/mol. The first-order chi connectivity index (χ1) is 9.47. The fourth-order valence-electron chi connectivity index (χ4n) is 2.26. The highest BCUT2D eigenvalue weighted by Gasteiger charge is 2.29. The topological polar surface area (TPSA) is 57.6 Å². The van der Waals surface area contributed by atoms with Gasteiger partial charge < -0.3 is 10.0 Å². The SMILES string of the molecule is C/C(=C\C(=O)N1CCC(C(=O)O)C1)c1cccc(F)c1. The molecule has 1 amide bonds. The van der Waals surface area contributed by atoms with Crippen LogP contribution in [0.25, 0.3) is 5.57 Å². The number of rotatable bonds is 3. The maximum Gasteiger partial charge on any atom is 0.308 e. The van der Waals surface area contributed by atoms with Crippen molar-refractivity contribution >= 4 is 17.4 Å². The first-order valence-corrected chi connectivity index (χ1v) is 6.43. The van der Waals surface area contributed by atoms with Gasteiger partial charge >= 0.3 is 5.97 Å². The van der Waals surface area contributed by atoms with Gasteiger partial charge in [0.2, 0.25) is 5.91 Å². The lowest BCUT2D eigenvalue weighted by atomic mass is 10.1. The van der Waals surface area contributed by atoms with Crippen LogP contribution in [-0.2, 0) is 9.59 Å². The number of halogens is 1. The van der Waals surface area contributed by atoms with Crippen LogP contribution < -0.4 is 0 Å². The van der Waals surface area contributed by atoms with Crippen LogP contribution in [0.2, 0.25) is 0 Å². The molecule has 2 rings (SSSR count). The van der Waals surface area contributed by atoms with E-state index in [1.54, 1.807) is 19.1 Å². The molecule has 1 aliphatic rings. The van der Waals surface area contributed by atoms with E-state index < -0.39 is 11.9 Å². The predicted molar refractivity (Wildman–Crippen MR) is 72.4 cm³/mol. The van der Waals surface area contributed by atoms with Crippen LogP contribution in [-0.4, -0.2) is 35.0 Å². The van der Waals surface area contributed by atoms with Gasteiger partial charge in [0.1, 0.15) is 5.82 Å². The smallest absolute Gasteiger partial charge is 0.308 e. The van der Waals surface area contributed by atoms with Crippen LogP contribution in [0.5, 0.6) is 0 Å². The van der Waals surface area contributed by atoms with E-state index in [1.165, 1.54) is 23.1 Å². The van der Waals surface area contributed by atoms with E-state index in [2.05, 4.69) is 0 Å². The van der Waals surface area contributed by atoms with Crippen LogP contribution in [0.3, 0.4) is 0 Å². The molecule has 5 heteroatoms. The number of allylic oxidation sites excluding steroid dienone is 1. The van der Waals surface area contributed by atoms with Crippen molar-refractivity contribution in [2.75, 3.05) is 13.1 Å². The summed E-state index contributed by atoms with van der Waals surface area (Å²) in [4.78, 5) is 24.4. The van der Waals surface area contributed by atoms with E-state index in [0.29, 0.717) is 24.1 Å². The number of nitrogens with zero attached hydrogens (tertiary/aromatic N) is 1. The molecule has 1 aromatic carbocycles. The van der Waals surface area contributed by atoms with Crippen LogP contribution in [0.4, 0.5) is 4.39 Å². The van der Waals surface area contributed by atoms with Crippen molar-refractivity contribution < 1.29 is 19.1 Å². The molecular formula is C15H16FNO3. The lowest BCUT2D eigenvalue weighted by Crippen LogP contribution is -2.28. The number of amides is 1. The number of carbonyl (C=O) groups is 2. The summed E-state index contributed by atoms with van der Waals surface area (Å²) >= 11 is 0. The van der Waals surface area contributed by atoms with E-state index >= 15 is 0 Å². The zero-order chi connectivity index (χ0) is 14.7. The molecule has 0 saturated carbocycles. The standard InChI is InChI=1S/C15H16FNO3/c1-10(11-3-2-4-13(16)8-11)7-14(18)17-6-5-12(9-17)15(19)20/h2-4,7-8,12H,5-6,9H2,1H3,(H,19,20)/b10-7+. The second-order valence-corrected chi connectivity index (χ2v) is 4.95. The molecular weight excluding hydrogens is 261 g/mol. The van der Waals surface area contributed by atoms with Crippen molar-refractivity contribution in [1.82, 2.24) is 4.90 Å². The van der Waals surface area contributed by atoms with Crippen molar-refractivity contribution in [3.05, 3.63) is 41.7 Å². The van der Waals surface area contributed by atoms with Crippen LogP contribution in [0.1, 0.15) is 18.9 Å². The number of carbonyl (C=O) groups excluding carboxylic acids is 1. The Balaban J connectivity index is 2.07. The van der Waals surface area contributed by atoms with Gasteiger partial charge in [-0.3, -0.25) is 9.59 Å². The van der Waals surface area contributed by atoms with Crippen molar-refractivity contribution in [3.63, 3.8) is 0 Å². The number of benzene rings is 1. The molecule has 20 heavy (non-hydrogen) atoms. The summed E-state index contributed by atoms with van der Waals surface area (Å²) in [6.45, 7) is 2.42. The molecule has 1 aliphatic heterocycles. The number of hydrogen-bond acceptors (Lipinski definition) is 2. The first-order valence-electron chi connectivity index (χ1n) is 6.43. The zero-order valence-corrected chi connectivity index (χ0v) is 11.2. The molecule has 106 valence electrons. The summed E-state index contributed by atoms with van der Waals surface area (Å²) in [7, 11) is 0. The third-order valence-corrected chi connectivity index (χ3v) is 3.47. The molecule has 1 fully saturated rings. The quantitative estimate of drug-likeness (QED) is 0.861. The van der Waals surface area contributed by atoms with Crippen molar-refractivity contribution in [1.29, 1.82) is 0 Å². The van der Waals surface area contributed by atoms with Gasteiger partial charge in [-0.15, -0.1) is 0 Å². The maximum atomic E-state index is 13.1. The van der Waals surface area contributed by atoms with Crippen molar-refractivity contribution in [2.24, 2.45) is 5.92 Å². The highest BCUT2D eigenvalue weighted by atomic mass is 19.1. The van der Waals surface area contributed by atoms with Gasteiger partial charge in [0, 0.05) is 19.2 Å². The maximum absolute atomic E-state index is 13.1. The van der Waals surface area contributed by atoms with Gasteiger partial charge in [-0.2, -0.15) is 0 Å². The number of carboxylic acid groups (broad SMARTS) is 1. The summed E-state index contributed by atoms with van der Waals surface area (Å²) in [5, 5.41) is 8.91. The lowest BCUT2D eigenvalue weighted by molar-refractivity contribution is -0.141. The summed E-state index contributed by atoms with van der Waals surface area (Å²) in [5.74, 6) is -1.93. The van der Waals surface area contributed by atoms with Crippen molar-refractivity contribution in [3.8, 4) is 0 Å². The minimum absolute atomic E-state index is 0.226. The van der Waals surface area contributed by atoms with Gasteiger partial charge in [-0.25, -0.2) is 4.39 Å². The molecule has 1 aromatic rings. The molecule has 1 saturated heterocycles. The normalized spacial score (nSPS) is 19.2. The highest BCUT2D eigenvalue weighted by Crippen LogP contribution is 2.19. The van der Waals surface area contributed by atoms with Crippen LogP contribution in [0, 0.1) is 11.7 Å². The molecule has 1 heterocycles. The molecule has 1 unspecified atom stereocenters. The largest absolute Gasteiger partial charge is 0.481 e. The number of hydrogen-bond donors (Lipinski definition) is 1. The average molecular weight is 277 g/mol. The molecule has 0 bridgehead atoms. The Bertz CT molecular complexity index is 568. The Hall–Kier alpha value is -2.17. The second-order valence-electron chi connectivity index (χ2n) is 4.95. The van der Waals surface area contributed by atoms with E-state index in [0.717, 1.165) is 0 Å². The Morgan fingerprint density at radius 3 is 2.80 bits per heavy atom. The van der Waals surface area contributed by atoms with Crippen LogP contribution >= 0.6 is 0 Å². The van der Waals surface area contributed by atoms with E-state index in [9.17, 15) is 14.0 Å². The molecule has 0 aliphatic carbocycles. The number of aliphatic carboxylic acids is 1. The lowest BCUT2D eigenvalue weighted by Gasteiger charge is -2.14. The molecule has 0 spiro atoms. The summed E-state index contributed by atoms with van der Waals surface area (Å²) in [6.07, 6.45) is 1.91. The number of carboxylic acids is 1. The molecule has 0 aromatic heterocycles. The summed E-state index contributed by atoms with van der Waals surface area (Å²) in [6, 6.07) is 6.02. The predicted octanol–water partition coefficient (Wildman–Crippen LogP) is 2.16. The Kier molecular flexibility index (Phi) is 4.17. The number of likely N-dealkylation sites (tertiary alicyclic amines) is 1. The zero-order valence-electron chi connectivity index (χ0n) is 11.2. The van der Waals surface area contributed by atoms with Crippen LogP contribution in [0.15, 0.2) is 30.3 Å². The Labute approximate surface area is 116 Å². The van der Waals surface area contributed by atoms with Gasteiger partial charge in [0.05, 0.1) is 5.92 Å². The highest BCUT2D eigenvalue weighted by molar-refractivity contribution is 5.95. The minimum atomic E-state index is -0.869. The first kappa shape index (κ1) is 14.2. The second kappa shape index (κ2) is 5.86. The van der Waals surface area contributed by atoms with Gasteiger partial charge in [0.15, 0.2) is 0 Å². The van der Waals surface area contributed by atoms with Gasteiger partial charge in [-0.1, -0.05) is 12.1 Å². The van der Waals surface area contributed by atoms with E-state index in [4.69, 9.17) is 5.11 Å². The van der Waals surface area contributed by atoms with Gasteiger partial charge in [0.25, 0.3) is 0 Å². The van der Waals surface area contributed by atoms with E-state index in [-0.39, 0.29) is 18.3 Å². The molecule has 1 atom stereocenters. The third-order valence-electron chi connectivity index (χ3n) is 3.47. The van der Waals surface area contributed by atoms with E-state index in [1.807, 2.05) is 0 Å². The fourth-order valence-corrected chi connectivity index (χ4v) is 2.26. The Morgan fingerprint density at radius 2 is 2.20 bits per heavy atom. The molecule has 0 radical (unpaired) electrons. The minimum Gasteiger partial charge on any atom is -0.481 e. The summed E-state index contributed by atoms with van der Waals surface area (Å²) < 4.78 is 13.1. The van der Waals surface area contributed by atoms with Crippen molar-refractivity contribution in [2.45, 2.75) is 13.3 Å².